The number of carboxylic acids is 4. The average molecular weight is 518 g/mol. The molecule has 0 fully saturated rings. The second-order valence-electron chi connectivity index (χ2n) is 8.49. The minimum Gasteiger partial charge on any atom is -0.480 e. The molecule has 1 unspecified atom stereocenters. The number of amides is 1. The minimum atomic E-state index is -1.27. The summed E-state index contributed by atoms with van der Waals surface area (Å²) in [6.45, 7) is -1.78. The summed E-state index contributed by atoms with van der Waals surface area (Å²) in [6.07, 6.45) is 0.910. The van der Waals surface area contributed by atoms with Crippen LogP contribution < -0.4 is 5.32 Å². The summed E-state index contributed by atoms with van der Waals surface area (Å²) in [6, 6.07) is 11.7. The molecule has 0 aliphatic carbocycles. The largest absolute Gasteiger partial charge is 0.480 e. The van der Waals surface area contributed by atoms with Crippen LogP contribution in [0.2, 0.25) is 0 Å². The molecule has 0 radical (unpaired) electrons. The Bertz CT molecular complexity index is 1100. The second-order valence-corrected chi connectivity index (χ2v) is 8.49. The molecule has 200 valence electrons. The van der Waals surface area contributed by atoms with Crippen LogP contribution in [0.1, 0.15) is 29.6 Å². The summed E-state index contributed by atoms with van der Waals surface area (Å²) in [5.41, 5.74) is 0.529. The molecule has 0 aromatic heterocycles. The molecule has 0 aliphatic heterocycles. The number of hydrogen-bond donors (Lipinski definition) is 5. The zero-order chi connectivity index (χ0) is 27.4. The monoisotopic (exact) mass is 517 g/mol. The Hall–Kier alpha value is -4.03. The summed E-state index contributed by atoms with van der Waals surface area (Å²) in [5.74, 6) is -5.28. The van der Waals surface area contributed by atoms with Crippen molar-refractivity contribution in [2.24, 2.45) is 0 Å². The topological polar surface area (TPSA) is 185 Å². The first-order valence-corrected chi connectivity index (χ1v) is 11.7. The van der Waals surface area contributed by atoms with Crippen molar-refractivity contribution in [3.63, 3.8) is 0 Å². The Morgan fingerprint density at radius 1 is 0.757 bits per heavy atom. The summed E-state index contributed by atoms with van der Waals surface area (Å²) in [5, 5.41) is 41.5. The van der Waals surface area contributed by atoms with Gasteiger partial charge in [0.2, 0.25) is 0 Å². The van der Waals surface area contributed by atoms with Gasteiger partial charge in [-0.1, -0.05) is 36.4 Å². The molecule has 2 aromatic rings. The second kappa shape index (κ2) is 14.5. The van der Waals surface area contributed by atoms with E-state index in [2.05, 4.69) is 5.32 Å². The molecule has 1 amide bonds. The fraction of sp³-hybridized carbons (Fsp3) is 0.400. The third-order valence-electron chi connectivity index (χ3n) is 5.71. The number of unbranched alkanes of at least 4 members (excludes halogenated alkanes) is 1. The van der Waals surface area contributed by atoms with Gasteiger partial charge in [0.1, 0.15) is 6.04 Å². The van der Waals surface area contributed by atoms with E-state index in [1.165, 1.54) is 4.90 Å². The molecule has 12 nitrogen and oxygen atoms in total. The van der Waals surface area contributed by atoms with E-state index in [9.17, 15) is 34.2 Å². The number of rotatable bonds is 17. The van der Waals surface area contributed by atoms with E-state index in [4.69, 9.17) is 10.2 Å². The number of benzene rings is 2. The molecule has 0 saturated heterocycles. The fourth-order valence-corrected chi connectivity index (χ4v) is 4.03. The third-order valence-corrected chi connectivity index (χ3v) is 5.71. The minimum absolute atomic E-state index is 0.0879. The number of carbonyl (C=O) groups is 5. The number of nitrogens with zero attached hydrogens (tertiary/aromatic N) is 2. The van der Waals surface area contributed by atoms with Crippen molar-refractivity contribution >= 4 is 40.6 Å². The number of aliphatic carboxylic acids is 4. The van der Waals surface area contributed by atoms with Crippen LogP contribution >= 0.6 is 0 Å². The molecule has 2 aromatic carbocycles. The predicted octanol–water partition coefficient (Wildman–Crippen LogP) is 1.05. The highest BCUT2D eigenvalue weighted by Gasteiger charge is 2.28. The number of hydrogen-bond acceptors (Lipinski definition) is 7. The Morgan fingerprint density at radius 2 is 1.38 bits per heavy atom. The van der Waals surface area contributed by atoms with Gasteiger partial charge in [-0.2, -0.15) is 0 Å². The van der Waals surface area contributed by atoms with Crippen LogP contribution in [-0.4, -0.2) is 105 Å². The lowest BCUT2D eigenvalue weighted by Crippen LogP contribution is -2.48. The van der Waals surface area contributed by atoms with Crippen LogP contribution in [0.5, 0.6) is 0 Å². The SMILES string of the molecule is O=C(O)CN(CCN(CC(=O)O)C(CCCCNC(=O)c1cccc2ccccc12)C(=O)O)CC(=O)O. The summed E-state index contributed by atoms with van der Waals surface area (Å²) >= 11 is 0. The van der Waals surface area contributed by atoms with Crippen LogP contribution in [0.4, 0.5) is 0 Å². The van der Waals surface area contributed by atoms with Gasteiger partial charge in [0.25, 0.3) is 5.91 Å². The number of carbonyl (C=O) groups excluding carboxylic acids is 1. The van der Waals surface area contributed by atoms with Gasteiger partial charge in [0, 0.05) is 25.2 Å². The van der Waals surface area contributed by atoms with Crippen molar-refractivity contribution in [2.75, 3.05) is 39.3 Å². The molecule has 12 heteroatoms. The third kappa shape index (κ3) is 9.86. The summed E-state index contributed by atoms with van der Waals surface area (Å²) < 4.78 is 0. The lowest BCUT2D eigenvalue weighted by atomic mass is 10.0. The average Bonchev–Trinajstić information content (AvgIpc) is 2.82. The van der Waals surface area contributed by atoms with Crippen molar-refractivity contribution in [1.82, 2.24) is 15.1 Å². The molecular formula is C25H31N3O9. The molecule has 0 spiro atoms. The van der Waals surface area contributed by atoms with Crippen molar-refractivity contribution < 1.29 is 44.4 Å². The maximum Gasteiger partial charge on any atom is 0.320 e. The molecule has 2 rings (SSSR count). The Balaban J connectivity index is 1.93. The zero-order valence-corrected chi connectivity index (χ0v) is 20.2. The summed E-state index contributed by atoms with van der Waals surface area (Å²) in [7, 11) is 0. The Labute approximate surface area is 213 Å². The first kappa shape index (κ1) is 29.2. The molecule has 0 saturated carbocycles. The van der Waals surface area contributed by atoms with Crippen molar-refractivity contribution in [2.45, 2.75) is 25.3 Å². The smallest absolute Gasteiger partial charge is 0.320 e. The van der Waals surface area contributed by atoms with Gasteiger partial charge < -0.3 is 25.7 Å². The van der Waals surface area contributed by atoms with Crippen molar-refractivity contribution in [3.8, 4) is 0 Å². The van der Waals surface area contributed by atoms with E-state index in [1.54, 1.807) is 12.1 Å². The van der Waals surface area contributed by atoms with Crippen LogP contribution in [0, 0.1) is 0 Å². The van der Waals surface area contributed by atoms with Crippen molar-refractivity contribution in [1.29, 1.82) is 0 Å². The molecule has 1 atom stereocenters. The molecule has 5 N–H and O–H groups in total. The lowest BCUT2D eigenvalue weighted by molar-refractivity contribution is -0.148. The fourth-order valence-electron chi connectivity index (χ4n) is 4.03. The Morgan fingerprint density at radius 3 is 2.00 bits per heavy atom. The van der Waals surface area contributed by atoms with Gasteiger partial charge in [-0.05, 0) is 36.1 Å². The molecule has 0 bridgehead atoms. The number of nitrogens with one attached hydrogen (secondary N) is 1. The quantitative estimate of drug-likeness (QED) is 0.189. The van der Waals surface area contributed by atoms with Crippen molar-refractivity contribution in [3.05, 3.63) is 48.0 Å². The normalized spacial score (nSPS) is 11.9. The summed E-state index contributed by atoms with van der Waals surface area (Å²) in [4.78, 5) is 60.1. The van der Waals surface area contributed by atoms with Gasteiger partial charge >= 0.3 is 23.9 Å². The molecule has 0 aliphatic rings. The highest BCUT2D eigenvalue weighted by atomic mass is 16.4. The highest BCUT2D eigenvalue weighted by molar-refractivity contribution is 6.06. The number of fused-ring (bicyclic) bond motifs is 1. The van der Waals surface area contributed by atoms with Crippen LogP contribution in [0.3, 0.4) is 0 Å². The van der Waals surface area contributed by atoms with E-state index in [-0.39, 0.29) is 25.4 Å². The van der Waals surface area contributed by atoms with E-state index >= 15 is 0 Å². The van der Waals surface area contributed by atoms with Gasteiger partial charge in [-0.3, -0.25) is 33.8 Å². The standard InChI is InChI=1S/C25H31N3O9/c29-21(30)14-27(15-22(31)32)12-13-28(16-23(33)34)20(25(36)37)10-3-4-11-26-24(35)19-9-5-7-17-6-1-2-8-18(17)19/h1-2,5-9,20H,3-4,10-16H2,(H,26,35)(H,29,30)(H,31,32)(H,33,34)(H,36,37). The van der Waals surface area contributed by atoms with Crippen LogP contribution in [-0.2, 0) is 19.2 Å². The maximum absolute atomic E-state index is 12.6. The predicted molar refractivity (Wildman–Crippen MR) is 132 cm³/mol. The molecule has 37 heavy (non-hydrogen) atoms. The first-order valence-electron chi connectivity index (χ1n) is 11.7. The van der Waals surface area contributed by atoms with Gasteiger partial charge in [-0.15, -0.1) is 0 Å². The highest BCUT2D eigenvalue weighted by Crippen LogP contribution is 2.18. The van der Waals surface area contributed by atoms with Gasteiger partial charge in [0.15, 0.2) is 0 Å². The van der Waals surface area contributed by atoms with E-state index in [0.29, 0.717) is 24.9 Å². The number of carboxylic acid groups (broad SMARTS) is 4. The van der Waals surface area contributed by atoms with Crippen LogP contribution in [0.25, 0.3) is 10.8 Å². The van der Waals surface area contributed by atoms with Gasteiger partial charge in [0.05, 0.1) is 19.6 Å². The maximum atomic E-state index is 12.6. The van der Waals surface area contributed by atoms with E-state index in [0.717, 1.165) is 15.7 Å². The van der Waals surface area contributed by atoms with Gasteiger partial charge in [-0.25, -0.2) is 0 Å². The Kier molecular flexibility index (Phi) is 11.5. The molecular weight excluding hydrogens is 486 g/mol. The zero-order valence-electron chi connectivity index (χ0n) is 20.2. The van der Waals surface area contributed by atoms with E-state index in [1.807, 2.05) is 30.3 Å². The molecule has 0 heterocycles. The first-order chi connectivity index (χ1) is 17.6. The van der Waals surface area contributed by atoms with E-state index < -0.39 is 49.6 Å². The van der Waals surface area contributed by atoms with Crippen LogP contribution in [0.15, 0.2) is 42.5 Å². The lowest BCUT2D eigenvalue weighted by Gasteiger charge is -2.29.